The van der Waals surface area contributed by atoms with Crippen LogP contribution >= 0.6 is 0 Å². The van der Waals surface area contributed by atoms with Crippen molar-refractivity contribution in [3.63, 3.8) is 0 Å². The molecule has 0 radical (unpaired) electrons. The normalized spacial score (nSPS) is 12.9. The van der Waals surface area contributed by atoms with E-state index in [4.69, 9.17) is 14.2 Å². The third-order valence-corrected chi connectivity index (χ3v) is 7.86. The van der Waals surface area contributed by atoms with Gasteiger partial charge in [0.05, 0.1) is 0 Å². The first-order chi connectivity index (χ1) is 25.0. The summed E-state index contributed by atoms with van der Waals surface area (Å²) < 4.78 is 16.5. The minimum Gasteiger partial charge on any atom is -0.462 e. The van der Waals surface area contributed by atoms with Crippen LogP contribution in [0.25, 0.3) is 0 Å². The molecule has 1 unspecified atom stereocenters. The summed E-state index contributed by atoms with van der Waals surface area (Å²) in [6, 6.07) is 0. The third-order valence-electron chi connectivity index (χ3n) is 7.86. The van der Waals surface area contributed by atoms with Gasteiger partial charge in [-0.2, -0.15) is 0 Å². The standard InChI is InChI=1S/C45H72O6/c1-4-7-10-13-16-19-22-24-26-29-32-35-38-44(47)50-41-42(40-49-43(46)37-34-31-28-25-21-18-15-12-9-6-3)51-45(48)39-36-33-30-27-23-20-17-14-11-8-5-2/h7-8,10-11,15-20,24,26-27,30,42H,4-6,9,12-14,21-23,25,28-29,31-41H2,1-3H3/b10-7-,11-8-,18-15-,19-16-,20-17-,26-24-,30-27-. The van der Waals surface area contributed by atoms with Crippen LogP contribution in [0.15, 0.2) is 85.1 Å². The first-order valence-electron chi connectivity index (χ1n) is 20.1. The summed E-state index contributed by atoms with van der Waals surface area (Å²) in [5, 5.41) is 0. The van der Waals surface area contributed by atoms with Crippen LogP contribution in [0.2, 0.25) is 0 Å². The lowest BCUT2D eigenvalue weighted by atomic mass is 10.1. The van der Waals surface area contributed by atoms with Crippen molar-refractivity contribution in [2.45, 2.75) is 168 Å². The summed E-state index contributed by atoms with van der Waals surface area (Å²) in [6.07, 6.45) is 48.7. The van der Waals surface area contributed by atoms with Crippen molar-refractivity contribution in [2.75, 3.05) is 13.2 Å². The van der Waals surface area contributed by atoms with E-state index >= 15 is 0 Å². The molecule has 0 aliphatic heterocycles. The average molecular weight is 709 g/mol. The van der Waals surface area contributed by atoms with Gasteiger partial charge in [-0.1, -0.05) is 132 Å². The molecule has 6 heteroatoms. The number of ether oxygens (including phenoxy) is 3. The van der Waals surface area contributed by atoms with Gasteiger partial charge in [-0.25, -0.2) is 0 Å². The van der Waals surface area contributed by atoms with Crippen LogP contribution in [-0.2, 0) is 28.6 Å². The molecule has 6 nitrogen and oxygen atoms in total. The highest BCUT2D eigenvalue weighted by atomic mass is 16.6. The molecule has 0 spiro atoms. The zero-order valence-electron chi connectivity index (χ0n) is 32.6. The Hall–Kier alpha value is -3.41. The summed E-state index contributed by atoms with van der Waals surface area (Å²) in [4.78, 5) is 37.5. The highest BCUT2D eigenvalue weighted by molar-refractivity contribution is 5.71. The van der Waals surface area contributed by atoms with Gasteiger partial charge in [0.2, 0.25) is 0 Å². The Labute approximate surface area is 312 Å². The summed E-state index contributed by atoms with van der Waals surface area (Å²) >= 11 is 0. The van der Waals surface area contributed by atoms with Gasteiger partial charge in [0, 0.05) is 19.3 Å². The van der Waals surface area contributed by atoms with E-state index in [0.29, 0.717) is 25.7 Å². The van der Waals surface area contributed by atoms with Crippen LogP contribution in [0.5, 0.6) is 0 Å². The second kappa shape index (κ2) is 39.4. The van der Waals surface area contributed by atoms with Gasteiger partial charge in [-0.05, 0) is 96.3 Å². The maximum atomic E-state index is 12.6. The molecule has 0 saturated carbocycles. The van der Waals surface area contributed by atoms with E-state index in [1.54, 1.807) is 0 Å². The Balaban J connectivity index is 4.55. The fraction of sp³-hybridized carbons (Fsp3) is 0.622. The van der Waals surface area contributed by atoms with Gasteiger partial charge in [0.15, 0.2) is 6.10 Å². The van der Waals surface area contributed by atoms with Crippen molar-refractivity contribution in [1.29, 1.82) is 0 Å². The number of allylic oxidation sites excluding steroid dienone is 14. The van der Waals surface area contributed by atoms with E-state index in [2.05, 4.69) is 106 Å². The van der Waals surface area contributed by atoms with Gasteiger partial charge in [-0.3, -0.25) is 14.4 Å². The minimum absolute atomic E-state index is 0.117. The van der Waals surface area contributed by atoms with Crippen LogP contribution in [0, 0.1) is 0 Å². The highest BCUT2D eigenvalue weighted by Crippen LogP contribution is 2.10. The molecule has 0 amide bonds. The lowest BCUT2D eigenvalue weighted by Gasteiger charge is -2.18. The number of esters is 3. The number of carbonyl (C=O) groups is 3. The first kappa shape index (κ1) is 47.6. The van der Waals surface area contributed by atoms with Crippen molar-refractivity contribution >= 4 is 17.9 Å². The number of unbranched alkanes of at least 4 members (excludes halogenated alkanes) is 9. The van der Waals surface area contributed by atoms with Gasteiger partial charge < -0.3 is 14.2 Å². The summed E-state index contributed by atoms with van der Waals surface area (Å²) in [7, 11) is 0. The monoisotopic (exact) mass is 709 g/mol. The summed E-state index contributed by atoms with van der Waals surface area (Å²) in [6.45, 7) is 6.22. The second-order valence-corrected chi connectivity index (χ2v) is 12.8. The lowest BCUT2D eigenvalue weighted by molar-refractivity contribution is -0.167. The largest absolute Gasteiger partial charge is 0.462 e. The Kier molecular flexibility index (Phi) is 36.7. The van der Waals surface area contributed by atoms with Crippen molar-refractivity contribution in [1.82, 2.24) is 0 Å². The topological polar surface area (TPSA) is 78.9 Å². The second-order valence-electron chi connectivity index (χ2n) is 12.8. The third kappa shape index (κ3) is 37.7. The van der Waals surface area contributed by atoms with Gasteiger partial charge in [-0.15, -0.1) is 0 Å². The molecule has 0 aromatic carbocycles. The number of rotatable bonds is 34. The van der Waals surface area contributed by atoms with Crippen molar-refractivity contribution in [3.8, 4) is 0 Å². The summed E-state index contributed by atoms with van der Waals surface area (Å²) in [5.41, 5.74) is 0. The van der Waals surface area contributed by atoms with Crippen molar-refractivity contribution < 1.29 is 28.6 Å². The van der Waals surface area contributed by atoms with E-state index in [1.165, 1.54) is 12.8 Å². The minimum atomic E-state index is -0.819. The highest BCUT2D eigenvalue weighted by Gasteiger charge is 2.19. The molecule has 0 bridgehead atoms. The lowest BCUT2D eigenvalue weighted by Crippen LogP contribution is -2.30. The van der Waals surface area contributed by atoms with E-state index in [0.717, 1.165) is 96.3 Å². The number of carbonyl (C=O) groups excluding carboxylic acids is 3. The quantitative estimate of drug-likeness (QED) is 0.0286. The van der Waals surface area contributed by atoms with Gasteiger partial charge >= 0.3 is 17.9 Å². The molecule has 1 atom stereocenters. The molecule has 0 aliphatic rings. The molecule has 0 aliphatic carbocycles. The molecule has 0 fully saturated rings. The number of hydrogen-bond donors (Lipinski definition) is 0. The Morgan fingerprint density at radius 2 is 0.784 bits per heavy atom. The van der Waals surface area contributed by atoms with E-state index < -0.39 is 6.10 Å². The Morgan fingerprint density at radius 3 is 1.29 bits per heavy atom. The smallest absolute Gasteiger partial charge is 0.306 e. The molecule has 0 aromatic rings. The van der Waals surface area contributed by atoms with Crippen LogP contribution in [0.4, 0.5) is 0 Å². The summed E-state index contributed by atoms with van der Waals surface area (Å²) in [5.74, 6) is -1.04. The van der Waals surface area contributed by atoms with Crippen molar-refractivity contribution in [2.24, 2.45) is 0 Å². The van der Waals surface area contributed by atoms with Crippen LogP contribution in [0.3, 0.4) is 0 Å². The Bertz CT molecular complexity index is 1040. The Morgan fingerprint density at radius 1 is 0.412 bits per heavy atom. The molecular formula is C45H72O6. The molecule has 0 saturated heterocycles. The fourth-order valence-electron chi connectivity index (χ4n) is 4.87. The molecule has 288 valence electrons. The molecule has 51 heavy (non-hydrogen) atoms. The van der Waals surface area contributed by atoms with E-state index in [9.17, 15) is 14.4 Å². The number of hydrogen-bond acceptors (Lipinski definition) is 6. The molecule has 0 heterocycles. The van der Waals surface area contributed by atoms with E-state index in [-0.39, 0.29) is 37.5 Å². The molecular weight excluding hydrogens is 636 g/mol. The zero-order valence-corrected chi connectivity index (χ0v) is 32.6. The first-order valence-corrected chi connectivity index (χ1v) is 20.1. The molecule has 0 N–H and O–H groups in total. The van der Waals surface area contributed by atoms with Crippen molar-refractivity contribution in [3.05, 3.63) is 85.1 Å². The fourth-order valence-corrected chi connectivity index (χ4v) is 4.87. The molecule has 0 aromatic heterocycles. The van der Waals surface area contributed by atoms with E-state index in [1.807, 2.05) is 0 Å². The van der Waals surface area contributed by atoms with Gasteiger partial charge in [0.25, 0.3) is 0 Å². The zero-order chi connectivity index (χ0) is 37.3. The molecule has 0 rings (SSSR count). The maximum absolute atomic E-state index is 12.6. The van der Waals surface area contributed by atoms with Crippen LogP contribution < -0.4 is 0 Å². The van der Waals surface area contributed by atoms with Crippen LogP contribution in [-0.4, -0.2) is 37.2 Å². The SMILES string of the molecule is CC/C=C\C/C=C\C/C=C\CCCCC(=O)OCC(COC(=O)CCCCCC/C=C\CCCC)OC(=O)CCC/C=C\C/C=C\C/C=C\CC. The average Bonchev–Trinajstić information content (AvgIpc) is 3.12. The maximum Gasteiger partial charge on any atom is 0.306 e. The van der Waals surface area contributed by atoms with Gasteiger partial charge in [0.1, 0.15) is 13.2 Å². The predicted octanol–water partition coefficient (Wildman–Crippen LogP) is 12.5. The predicted molar refractivity (Wildman–Crippen MR) is 214 cm³/mol. The van der Waals surface area contributed by atoms with Crippen LogP contribution in [0.1, 0.15) is 162 Å².